The van der Waals surface area contributed by atoms with E-state index in [1.165, 1.54) is 0 Å². The number of para-hydroxylation sites is 1. The van der Waals surface area contributed by atoms with E-state index in [0.29, 0.717) is 0 Å². The first kappa shape index (κ1) is 11.7. The quantitative estimate of drug-likeness (QED) is 0.775. The molecule has 19 heavy (non-hydrogen) atoms. The van der Waals surface area contributed by atoms with E-state index in [-0.39, 0.29) is 0 Å². The van der Waals surface area contributed by atoms with Crippen LogP contribution in [-0.4, -0.2) is 14.5 Å². The Morgan fingerprint density at radius 3 is 2.95 bits per heavy atom. The van der Waals surface area contributed by atoms with Crippen LogP contribution in [0.15, 0.2) is 42.7 Å². The van der Waals surface area contributed by atoms with Crippen molar-refractivity contribution >= 4 is 22.5 Å². The van der Waals surface area contributed by atoms with Gasteiger partial charge in [0.1, 0.15) is 0 Å². The maximum absolute atomic E-state index is 4.48. The number of anilines is 2. The summed E-state index contributed by atoms with van der Waals surface area (Å²) in [5.41, 5.74) is 2.97. The van der Waals surface area contributed by atoms with Gasteiger partial charge in [-0.1, -0.05) is 18.2 Å². The molecule has 1 N–H and O–H groups in total. The number of hydrogen-bond donors (Lipinski definition) is 1. The molecule has 1 aromatic carbocycles. The Bertz CT molecular complexity index is 715. The molecular weight excluding hydrogens is 236 g/mol. The third-order valence-electron chi connectivity index (χ3n) is 3.08. The van der Waals surface area contributed by atoms with Crippen LogP contribution in [-0.2, 0) is 6.54 Å². The fourth-order valence-corrected chi connectivity index (χ4v) is 2.16. The van der Waals surface area contributed by atoms with Crippen LogP contribution in [0.25, 0.3) is 10.9 Å². The van der Waals surface area contributed by atoms with Gasteiger partial charge in [0, 0.05) is 18.1 Å². The molecule has 2 aromatic heterocycles. The Kier molecular flexibility index (Phi) is 2.91. The standard InChI is InChI=1S/C15H16N4/c1-3-19-10-11(2)17-15(19)18-13-8-12-6-4-5-7-14(12)16-9-13/h4-10H,3H2,1-2H3,(H,17,18). The minimum absolute atomic E-state index is 0.858. The van der Waals surface area contributed by atoms with Gasteiger partial charge in [0.15, 0.2) is 0 Å². The number of benzene rings is 1. The van der Waals surface area contributed by atoms with E-state index < -0.39 is 0 Å². The highest BCUT2D eigenvalue weighted by molar-refractivity contribution is 5.82. The Morgan fingerprint density at radius 2 is 2.11 bits per heavy atom. The number of nitrogens with zero attached hydrogens (tertiary/aromatic N) is 3. The third kappa shape index (κ3) is 2.29. The number of rotatable bonds is 3. The molecule has 0 fully saturated rings. The maximum Gasteiger partial charge on any atom is 0.207 e. The lowest BCUT2D eigenvalue weighted by Gasteiger charge is -2.08. The van der Waals surface area contributed by atoms with Crippen LogP contribution in [0.5, 0.6) is 0 Å². The zero-order valence-electron chi connectivity index (χ0n) is 11.1. The maximum atomic E-state index is 4.48. The lowest BCUT2D eigenvalue weighted by molar-refractivity contribution is 0.771. The molecule has 0 aliphatic heterocycles. The van der Waals surface area contributed by atoms with Gasteiger partial charge in [-0.2, -0.15) is 0 Å². The molecular formula is C15H16N4. The van der Waals surface area contributed by atoms with Crippen molar-refractivity contribution in [3.8, 4) is 0 Å². The lowest BCUT2D eigenvalue weighted by atomic mass is 10.2. The number of imidazole rings is 1. The highest BCUT2D eigenvalue weighted by Gasteiger charge is 2.05. The van der Waals surface area contributed by atoms with Crippen molar-refractivity contribution < 1.29 is 0 Å². The van der Waals surface area contributed by atoms with E-state index in [0.717, 1.165) is 34.8 Å². The summed E-state index contributed by atoms with van der Waals surface area (Å²) in [6.07, 6.45) is 3.88. The van der Waals surface area contributed by atoms with Crippen LogP contribution in [0.4, 0.5) is 11.6 Å². The summed E-state index contributed by atoms with van der Waals surface area (Å²) in [5, 5.41) is 4.45. The molecule has 4 heteroatoms. The third-order valence-corrected chi connectivity index (χ3v) is 3.08. The van der Waals surface area contributed by atoms with Crippen molar-refractivity contribution in [3.63, 3.8) is 0 Å². The molecule has 3 aromatic rings. The van der Waals surface area contributed by atoms with Crippen LogP contribution in [0, 0.1) is 6.92 Å². The fourth-order valence-electron chi connectivity index (χ4n) is 2.16. The molecule has 96 valence electrons. The Labute approximate surface area is 112 Å². The Balaban J connectivity index is 1.96. The second kappa shape index (κ2) is 4.72. The summed E-state index contributed by atoms with van der Waals surface area (Å²) in [6.45, 7) is 4.99. The van der Waals surface area contributed by atoms with E-state index in [1.807, 2.05) is 37.5 Å². The normalized spacial score (nSPS) is 10.8. The topological polar surface area (TPSA) is 42.7 Å². The van der Waals surface area contributed by atoms with Gasteiger partial charge in [-0.05, 0) is 26.0 Å². The smallest absolute Gasteiger partial charge is 0.207 e. The van der Waals surface area contributed by atoms with Crippen molar-refractivity contribution in [1.29, 1.82) is 0 Å². The summed E-state index contributed by atoms with van der Waals surface area (Å²) < 4.78 is 2.09. The van der Waals surface area contributed by atoms with Crippen molar-refractivity contribution in [2.45, 2.75) is 20.4 Å². The molecule has 0 bridgehead atoms. The molecule has 4 nitrogen and oxygen atoms in total. The van der Waals surface area contributed by atoms with E-state index in [9.17, 15) is 0 Å². The number of nitrogens with one attached hydrogen (secondary N) is 1. The van der Waals surface area contributed by atoms with Gasteiger partial charge < -0.3 is 9.88 Å². The van der Waals surface area contributed by atoms with Crippen LogP contribution < -0.4 is 5.32 Å². The molecule has 0 radical (unpaired) electrons. The summed E-state index contributed by atoms with van der Waals surface area (Å²) in [5.74, 6) is 0.858. The Morgan fingerprint density at radius 1 is 1.26 bits per heavy atom. The van der Waals surface area contributed by atoms with E-state index in [1.54, 1.807) is 0 Å². The molecule has 0 unspecified atom stereocenters. The summed E-state index contributed by atoms with van der Waals surface area (Å²) in [6, 6.07) is 10.2. The van der Waals surface area contributed by atoms with Gasteiger partial charge in [0.25, 0.3) is 0 Å². The van der Waals surface area contributed by atoms with Gasteiger partial charge in [0.05, 0.1) is 23.1 Å². The molecule has 0 aliphatic rings. The molecule has 0 atom stereocenters. The second-order valence-corrected chi connectivity index (χ2v) is 4.53. The zero-order chi connectivity index (χ0) is 13.2. The van der Waals surface area contributed by atoms with E-state index >= 15 is 0 Å². The van der Waals surface area contributed by atoms with E-state index in [2.05, 4.69) is 38.9 Å². The molecule has 0 amide bonds. The molecule has 0 spiro atoms. The monoisotopic (exact) mass is 252 g/mol. The molecule has 0 saturated carbocycles. The highest BCUT2D eigenvalue weighted by atomic mass is 15.2. The van der Waals surface area contributed by atoms with Gasteiger partial charge in [-0.25, -0.2) is 4.98 Å². The van der Waals surface area contributed by atoms with Crippen molar-refractivity contribution in [2.24, 2.45) is 0 Å². The minimum Gasteiger partial charge on any atom is -0.324 e. The predicted octanol–water partition coefficient (Wildman–Crippen LogP) is 3.50. The Hall–Kier alpha value is -2.36. The van der Waals surface area contributed by atoms with Crippen LogP contribution in [0.1, 0.15) is 12.6 Å². The summed E-state index contributed by atoms with van der Waals surface area (Å²) in [7, 11) is 0. The van der Waals surface area contributed by atoms with Gasteiger partial charge >= 0.3 is 0 Å². The van der Waals surface area contributed by atoms with Gasteiger partial charge in [-0.3, -0.25) is 4.98 Å². The minimum atomic E-state index is 0.858. The second-order valence-electron chi connectivity index (χ2n) is 4.53. The zero-order valence-corrected chi connectivity index (χ0v) is 11.1. The van der Waals surface area contributed by atoms with Crippen molar-refractivity contribution in [3.05, 3.63) is 48.4 Å². The number of fused-ring (bicyclic) bond motifs is 1. The molecule has 3 rings (SSSR count). The number of hydrogen-bond acceptors (Lipinski definition) is 3. The van der Waals surface area contributed by atoms with Gasteiger partial charge in [0.2, 0.25) is 5.95 Å². The highest BCUT2D eigenvalue weighted by Crippen LogP contribution is 2.20. The van der Waals surface area contributed by atoms with Crippen LogP contribution in [0.2, 0.25) is 0 Å². The SMILES string of the molecule is CCn1cc(C)nc1Nc1cnc2ccccc2c1. The molecule has 0 saturated heterocycles. The summed E-state index contributed by atoms with van der Waals surface area (Å²) in [4.78, 5) is 8.92. The average molecular weight is 252 g/mol. The van der Waals surface area contributed by atoms with Crippen LogP contribution >= 0.6 is 0 Å². The first-order chi connectivity index (χ1) is 9.26. The van der Waals surface area contributed by atoms with Crippen LogP contribution in [0.3, 0.4) is 0 Å². The summed E-state index contributed by atoms with van der Waals surface area (Å²) >= 11 is 0. The average Bonchev–Trinajstić information content (AvgIpc) is 2.78. The van der Waals surface area contributed by atoms with Crippen molar-refractivity contribution in [1.82, 2.24) is 14.5 Å². The number of pyridine rings is 1. The van der Waals surface area contributed by atoms with E-state index in [4.69, 9.17) is 0 Å². The number of aryl methyl sites for hydroxylation is 2. The fraction of sp³-hybridized carbons (Fsp3) is 0.200. The van der Waals surface area contributed by atoms with Gasteiger partial charge in [-0.15, -0.1) is 0 Å². The lowest BCUT2D eigenvalue weighted by Crippen LogP contribution is -2.01. The first-order valence-corrected chi connectivity index (χ1v) is 6.42. The predicted molar refractivity (Wildman–Crippen MR) is 77.7 cm³/mol. The largest absolute Gasteiger partial charge is 0.324 e. The molecule has 0 aliphatic carbocycles. The molecule has 2 heterocycles. The number of aromatic nitrogens is 3. The van der Waals surface area contributed by atoms with Crippen molar-refractivity contribution in [2.75, 3.05) is 5.32 Å². The first-order valence-electron chi connectivity index (χ1n) is 6.42.